The molecule has 0 aliphatic heterocycles. The molecule has 0 aliphatic rings. The number of ether oxygens (including phenoxy) is 2. The average Bonchev–Trinajstić information content (AvgIpc) is 2.96. The van der Waals surface area contributed by atoms with E-state index >= 15 is 0 Å². The van der Waals surface area contributed by atoms with Crippen molar-refractivity contribution in [2.75, 3.05) is 14.2 Å². The molecule has 1 heterocycles. The highest BCUT2D eigenvalue weighted by molar-refractivity contribution is 7.16. The molecule has 0 spiro atoms. The van der Waals surface area contributed by atoms with E-state index in [1.165, 1.54) is 16.9 Å². The number of aromatic nitrogens is 1. The van der Waals surface area contributed by atoms with E-state index in [9.17, 15) is 4.79 Å². The van der Waals surface area contributed by atoms with Crippen LogP contribution in [-0.2, 0) is 7.05 Å². The van der Waals surface area contributed by atoms with E-state index in [4.69, 9.17) is 9.47 Å². The van der Waals surface area contributed by atoms with Gasteiger partial charge in [-0.15, -0.1) is 0 Å². The van der Waals surface area contributed by atoms with Crippen LogP contribution >= 0.6 is 11.3 Å². The molecule has 0 radical (unpaired) electrons. The molecule has 1 aromatic heterocycles. The highest BCUT2D eigenvalue weighted by Gasteiger charge is 2.12. The second-order valence-corrected chi connectivity index (χ2v) is 7.32. The topological polar surface area (TPSA) is 52.8 Å². The maximum atomic E-state index is 12.6. The Bertz CT molecular complexity index is 1030. The Morgan fingerprint density at radius 3 is 2.46 bits per heavy atom. The zero-order valence-corrected chi connectivity index (χ0v) is 16.4. The first-order valence-corrected chi connectivity index (χ1v) is 9.16. The fraction of sp³-hybridized carbons (Fsp3) is 0.300. The monoisotopic (exact) mass is 370 g/mol. The van der Waals surface area contributed by atoms with Crippen molar-refractivity contribution in [2.45, 2.75) is 19.8 Å². The summed E-state index contributed by atoms with van der Waals surface area (Å²) in [7, 11) is 5.03. The number of hydrogen-bond donors (Lipinski definition) is 0. The molecule has 0 saturated carbocycles. The minimum atomic E-state index is -0.308. The molecule has 0 fully saturated rings. The van der Waals surface area contributed by atoms with E-state index in [0.717, 1.165) is 10.2 Å². The molecule has 3 rings (SSSR count). The predicted octanol–water partition coefficient (Wildman–Crippen LogP) is 4.12. The number of nitrogens with zero attached hydrogens (tertiary/aromatic N) is 2. The van der Waals surface area contributed by atoms with E-state index in [1.807, 2.05) is 11.6 Å². The van der Waals surface area contributed by atoms with Crippen LogP contribution in [0.3, 0.4) is 0 Å². The van der Waals surface area contributed by atoms with Crippen LogP contribution in [0.5, 0.6) is 11.5 Å². The Morgan fingerprint density at radius 1 is 1.08 bits per heavy atom. The second kappa shape index (κ2) is 7.33. The van der Waals surface area contributed by atoms with E-state index in [0.29, 0.717) is 27.8 Å². The lowest BCUT2D eigenvalue weighted by atomic mass is 10.0. The normalized spacial score (nSPS) is 12.0. The predicted molar refractivity (Wildman–Crippen MR) is 104 cm³/mol. The van der Waals surface area contributed by atoms with Gasteiger partial charge in [0, 0.05) is 12.6 Å². The number of benzene rings is 2. The lowest BCUT2D eigenvalue weighted by Crippen LogP contribution is -2.13. The van der Waals surface area contributed by atoms with Crippen LogP contribution in [0.15, 0.2) is 41.4 Å². The van der Waals surface area contributed by atoms with Gasteiger partial charge in [0.15, 0.2) is 16.3 Å². The molecule has 6 heteroatoms. The Morgan fingerprint density at radius 2 is 1.81 bits per heavy atom. The number of rotatable bonds is 4. The van der Waals surface area contributed by atoms with Gasteiger partial charge in [0.2, 0.25) is 0 Å². The third-order valence-corrected chi connectivity index (χ3v) is 5.42. The molecular weight excluding hydrogens is 348 g/mol. The molecule has 1 amide bonds. The maximum Gasteiger partial charge on any atom is 0.279 e. The summed E-state index contributed by atoms with van der Waals surface area (Å²) >= 11 is 1.52. The van der Waals surface area contributed by atoms with Gasteiger partial charge in [0.1, 0.15) is 0 Å². The number of carbonyl (C=O) groups excluding carboxylic acids is 1. The highest BCUT2D eigenvalue weighted by atomic mass is 32.1. The summed E-state index contributed by atoms with van der Waals surface area (Å²) in [6.07, 6.45) is 0. The zero-order chi connectivity index (χ0) is 18.8. The van der Waals surface area contributed by atoms with Gasteiger partial charge in [-0.2, -0.15) is 4.99 Å². The fourth-order valence-electron chi connectivity index (χ4n) is 2.74. The molecule has 0 unspecified atom stereocenters. The average molecular weight is 370 g/mol. The first kappa shape index (κ1) is 18.2. The minimum absolute atomic E-state index is 0.308. The van der Waals surface area contributed by atoms with Crippen molar-refractivity contribution in [3.05, 3.63) is 52.3 Å². The SMILES string of the molecule is COc1ccc(C(=O)N=c2sc3cc(C(C)C)ccc3n2C)cc1OC. The molecule has 0 saturated heterocycles. The molecule has 2 aromatic carbocycles. The van der Waals surface area contributed by atoms with Gasteiger partial charge in [0.25, 0.3) is 5.91 Å². The molecule has 136 valence electrons. The number of methoxy groups -OCH3 is 2. The lowest BCUT2D eigenvalue weighted by Gasteiger charge is -2.07. The highest BCUT2D eigenvalue weighted by Crippen LogP contribution is 2.28. The van der Waals surface area contributed by atoms with Crippen LogP contribution in [0, 0.1) is 0 Å². The Kier molecular flexibility index (Phi) is 5.13. The van der Waals surface area contributed by atoms with Gasteiger partial charge >= 0.3 is 0 Å². The quantitative estimate of drug-likeness (QED) is 0.694. The van der Waals surface area contributed by atoms with Gasteiger partial charge < -0.3 is 14.0 Å². The minimum Gasteiger partial charge on any atom is -0.493 e. The first-order valence-electron chi connectivity index (χ1n) is 8.35. The summed E-state index contributed by atoms with van der Waals surface area (Å²) in [5.41, 5.74) is 2.80. The Labute approximate surface area is 156 Å². The molecule has 26 heavy (non-hydrogen) atoms. The molecule has 0 aliphatic carbocycles. The van der Waals surface area contributed by atoms with Crippen LogP contribution in [0.25, 0.3) is 10.2 Å². The number of amides is 1. The van der Waals surface area contributed by atoms with Gasteiger partial charge in [-0.05, 0) is 41.8 Å². The van der Waals surface area contributed by atoms with Crippen LogP contribution in [0.1, 0.15) is 35.7 Å². The zero-order valence-electron chi connectivity index (χ0n) is 15.6. The summed E-state index contributed by atoms with van der Waals surface area (Å²) in [6, 6.07) is 11.4. The molecule has 0 atom stereocenters. The summed E-state index contributed by atoms with van der Waals surface area (Å²) in [5, 5.41) is 0. The van der Waals surface area contributed by atoms with Crippen molar-refractivity contribution < 1.29 is 14.3 Å². The number of aryl methyl sites for hydroxylation is 1. The van der Waals surface area contributed by atoms with Crippen molar-refractivity contribution in [2.24, 2.45) is 12.0 Å². The summed E-state index contributed by atoms with van der Waals surface area (Å²) in [6.45, 7) is 4.33. The van der Waals surface area contributed by atoms with Crippen LogP contribution < -0.4 is 14.3 Å². The fourth-order valence-corrected chi connectivity index (χ4v) is 3.80. The van der Waals surface area contributed by atoms with Crippen molar-refractivity contribution in [3.63, 3.8) is 0 Å². The smallest absolute Gasteiger partial charge is 0.279 e. The van der Waals surface area contributed by atoms with E-state index in [1.54, 1.807) is 32.4 Å². The Hall–Kier alpha value is -2.60. The molecule has 0 bridgehead atoms. The summed E-state index contributed by atoms with van der Waals surface area (Å²) < 4.78 is 13.5. The van der Waals surface area contributed by atoms with E-state index in [2.05, 4.69) is 37.0 Å². The van der Waals surface area contributed by atoms with Gasteiger partial charge in [-0.25, -0.2) is 0 Å². The van der Waals surface area contributed by atoms with Crippen LogP contribution in [-0.4, -0.2) is 24.7 Å². The van der Waals surface area contributed by atoms with Crippen molar-refractivity contribution in [1.29, 1.82) is 0 Å². The number of hydrogen-bond acceptors (Lipinski definition) is 4. The van der Waals surface area contributed by atoms with Crippen LogP contribution in [0.2, 0.25) is 0 Å². The summed E-state index contributed by atoms with van der Waals surface area (Å²) in [5.74, 6) is 1.24. The lowest BCUT2D eigenvalue weighted by molar-refractivity contribution is 0.0997. The maximum absolute atomic E-state index is 12.6. The van der Waals surface area contributed by atoms with E-state index < -0.39 is 0 Å². The van der Waals surface area contributed by atoms with E-state index in [-0.39, 0.29) is 5.91 Å². The first-order chi connectivity index (χ1) is 12.4. The third-order valence-electron chi connectivity index (χ3n) is 4.33. The van der Waals surface area contributed by atoms with Crippen LogP contribution in [0.4, 0.5) is 0 Å². The van der Waals surface area contributed by atoms with Crippen molar-refractivity contribution >= 4 is 27.5 Å². The molecular formula is C20H22N2O3S. The van der Waals surface area contributed by atoms with Gasteiger partial charge in [-0.3, -0.25) is 4.79 Å². The number of thiazole rings is 1. The number of fused-ring (bicyclic) bond motifs is 1. The van der Waals surface area contributed by atoms with Crippen molar-refractivity contribution in [1.82, 2.24) is 4.57 Å². The third kappa shape index (κ3) is 3.37. The van der Waals surface area contributed by atoms with Crippen molar-refractivity contribution in [3.8, 4) is 11.5 Å². The molecule has 5 nitrogen and oxygen atoms in total. The molecule has 0 N–H and O–H groups in total. The largest absolute Gasteiger partial charge is 0.493 e. The second-order valence-electron chi connectivity index (χ2n) is 6.31. The van der Waals surface area contributed by atoms with Gasteiger partial charge in [0.05, 0.1) is 24.4 Å². The number of carbonyl (C=O) groups is 1. The molecule has 3 aromatic rings. The standard InChI is InChI=1S/C20H22N2O3S/c1-12(2)13-6-8-15-18(11-13)26-20(22(15)3)21-19(23)14-7-9-16(24-4)17(10-14)25-5/h6-12H,1-5H3. The summed E-state index contributed by atoms with van der Waals surface area (Å²) in [4.78, 5) is 17.6. The van der Waals surface area contributed by atoms with Gasteiger partial charge in [-0.1, -0.05) is 31.3 Å². The Balaban J connectivity index is 2.04.